The van der Waals surface area contributed by atoms with Gasteiger partial charge in [-0.15, -0.1) is 0 Å². The Balaban J connectivity index is 1.36. The average Bonchev–Trinajstić information content (AvgIpc) is 3.41. The molecule has 2 aromatic carbocycles. The monoisotopic (exact) mass is 424 g/mol. The molecule has 2 fully saturated rings. The number of hydrogen-bond acceptors (Lipinski definition) is 4. The molecule has 0 saturated carbocycles. The molecule has 4 atom stereocenters. The molecule has 0 aliphatic carbocycles. The second-order valence-electron chi connectivity index (χ2n) is 7.83. The van der Waals surface area contributed by atoms with Crippen molar-refractivity contribution in [3.05, 3.63) is 71.3 Å². The van der Waals surface area contributed by atoms with Crippen LogP contribution in [-0.4, -0.2) is 37.2 Å². The summed E-state index contributed by atoms with van der Waals surface area (Å²) in [6, 6.07) is 14.7. The number of methoxy groups -OCH3 is 1. The molecule has 3 unspecified atom stereocenters. The Labute approximate surface area is 179 Å². The molecule has 2 amide bonds. The van der Waals surface area contributed by atoms with Crippen LogP contribution >= 0.6 is 11.6 Å². The second-order valence-corrected chi connectivity index (χ2v) is 8.24. The van der Waals surface area contributed by atoms with Gasteiger partial charge in [-0.1, -0.05) is 42.0 Å². The highest BCUT2D eigenvalue weighted by molar-refractivity contribution is 6.31. The Morgan fingerprint density at radius 3 is 2.77 bits per heavy atom. The standard InChI is InChI=1S/C23H21ClN2O4/c1-29-16-8-6-15(7-9-16)26-13-23-11-10-18(30-23)19(20(23)22(26)28)21(27)25-12-14-4-2-3-5-17(14)24/h2-11,18-20H,12-13H2,1H3,(H,25,27)/t18?,19?,20?,23-/m0/s1. The lowest BCUT2D eigenvalue weighted by molar-refractivity contribution is -0.132. The Morgan fingerprint density at radius 2 is 2.03 bits per heavy atom. The van der Waals surface area contributed by atoms with Crippen LogP contribution in [0.2, 0.25) is 5.02 Å². The first-order chi connectivity index (χ1) is 14.5. The van der Waals surface area contributed by atoms with Crippen LogP contribution in [0, 0.1) is 11.8 Å². The summed E-state index contributed by atoms with van der Waals surface area (Å²) in [5, 5.41) is 3.54. The number of benzene rings is 2. The maximum Gasteiger partial charge on any atom is 0.234 e. The molecular formula is C23H21ClN2O4. The van der Waals surface area contributed by atoms with Crippen molar-refractivity contribution in [3.8, 4) is 5.75 Å². The van der Waals surface area contributed by atoms with Crippen molar-refractivity contribution in [1.82, 2.24) is 5.32 Å². The molecule has 5 rings (SSSR count). The second kappa shape index (κ2) is 7.15. The molecule has 30 heavy (non-hydrogen) atoms. The molecule has 2 aromatic rings. The molecule has 0 aromatic heterocycles. The smallest absolute Gasteiger partial charge is 0.234 e. The fourth-order valence-electron chi connectivity index (χ4n) is 4.72. The van der Waals surface area contributed by atoms with Crippen LogP contribution in [0.4, 0.5) is 5.69 Å². The van der Waals surface area contributed by atoms with Crippen LogP contribution in [0.5, 0.6) is 5.75 Å². The summed E-state index contributed by atoms with van der Waals surface area (Å²) in [5.41, 5.74) is 0.841. The van der Waals surface area contributed by atoms with Crippen molar-refractivity contribution < 1.29 is 19.1 Å². The van der Waals surface area contributed by atoms with E-state index < -0.39 is 17.4 Å². The predicted molar refractivity (Wildman–Crippen MR) is 112 cm³/mol. The van der Waals surface area contributed by atoms with Gasteiger partial charge in [0, 0.05) is 17.3 Å². The van der Waals surface area contributed by atoms with E-state index >= 15 is 0 Å². The van der Waals surface area contributed by atoms with Gasteiger partial charge in [-0.05, 0) is 35.9 Å². The molecule has 1 spiro atoms. The van der Waals surface area contributed by atoms with Gasteiger partial charge in [0.05, 0.1) is 31.6 Å². The topological polar surface area (TPSA) is 67.9 Å². The van der Waals surface area contributed by atoms with E-state index in [4.69, 9.17) is 21.1 Å². The van der Waals surface area contributed by atoms with Crippen LogP contribution in [0.25, 0.3) is 0 Å². The van der Waals surface area contributed by atoms with E-state index in [9.17, 15) is 9.59 Å². The van der Waals surface area contributed by atoms with Crippen LogP contribution in [0.15, 0.2) is 60.7 Å². The summed E-state index contributed by atoms with van der Waals surface area (Å²) < 4.78 is 11.4. The quantitative estimate of drug-likeness (QED) is 0.749. The predicted octanol–water partition coefficient (Wildman–Crippen LogP) is 2.95. The maximum absolute atomic E-state index is 13.3. The lowest BCUT2D eigenvalue weighted by Gasteiger charge is -2.23. The SMILES string of the molecule is COc1ccc(N2C[C@]34C=CC(O3)C(C(=O)NCc3ccccc3Cl)C4C2=O)cc1. The summed E-state index contributed by atoms with van der Waals surface area (Å²) >= 11 is 6.19. The number of fused-ring (bicyclic) bond motifs is 1. The maximum atomic E-state index is 13.3. The summed E-state index contributed by atoms with van der Waals surface area (Å²) in [7, 11) is 1.60. The first-order valence-electron chi connectivity index (χ1n) is 9.86. The minimum absolute atomic E-state index is 0.0927. The number of carbonyl (C=O) groups excluding carboxylic acids is 2. The van der Waals surface area contributed by atoms with Gasteiger partial charge in [0.15, 0.2) is 0 Å². The number of halogens is 1. The van der Waals surface area contributed by atoms with Gasteiger partial charge in [-0.3, -0.25) is 9.59 Å². The summed E-state index contributed by atoms with van der Waals surface area (Å²) in [6.45, 7) is 0.700. The Kier molecular flexibility index (Phi) is 4.56. The Morgan fingerprint density at radius 1 is 1.27 bits per heavy atom. The lowest BCUT2D eigenvalue weighted by Crippen LogP contribution is -2.44. The minimum atomic E-state index is -0.756. The highest BCUT2D eigenvalue weighted by atomic mass is 35.5. The minimum Gasteiger partial charge on any atom is -0.497 e. The van der Waals surface area contributed by atoms with Crippen molar-refractivity contribution >= 4 is 29.1 Å². The van der Waals surface area contributed by atoms with Gasteiger partial charge < -0.3 is 19.7 Å². The first-order valence-corrected chi connectivity index (χ1v) is 10.2. The number of amides is 2. The van der Waals surface area contributed by atoms with Crippen LogP contribution in [0.1, 0.15) is 5.56 Å². The molecule has 154 valence electrons. The van der Waals surface area contributed by atoms with E-state index in [1.807, 2.05) is 54.6 Å². The highest BCUT2D eigenvalue weighted by Crippen LogP contribution is 2.52. The molecule has 3 aliphatic rings. The third-order valence-corrected chi connectivity index (χ3v) is 6.57. The molecule has 7 heteroatoms. The van der Waals surface area contributed by atoms with Crippen molar-refractivity contribution in [2.75, 3.05) is 18.6 Å². The number of nitrogens with zero attached hydrogens (tertiary/aromatic N) is 1. The number of ether oxygens (including phenoxy) is 2. The lowest BCUT2D eigenvalue weighted by atomic mass is 9.77. The van der Waals surface area contributed by atoms with E-state index in [0.717, 1.165) is 17.0 Å². The third kappa shape index (κ3) is 2.90. The Hall–Kier alpha value is -2.83. The molecule has 2 bridgehead atoms. The number of rotatable bonds is 5. The fourth-order valence-corrected chi connectivity index (χ4v) is 4.92. The number of anilines is 1. The summed E-state index contributed by atoms with van der Waals surface area (Å²) in [5.74, 6) is -0.669. The number of hydrogen-bond donors (Lipinski definition) is 1. The first kappa shape index (κ1) is 19.2. The fraction of sp³-hybridized carbons (Fsp3) is 0.304. The Bertz CT molecular complexity index is 1040. The van der Waals surface area contributed by atoms with Crippen LogP contribution in [-0.2, 0) is 20.9 Å². The zero-order valence-corrected chi connectivity index (χ0v) is 17.1. The number of nitrogens with one attached hydrogen (secondary N) is 1. The van der Waals surface area contributed by atoms with Gasteiger partial charge in [0.1, 0.15) is 11.4 Å². The summed E-state index contributed by atoms with van der Waals surface area (Å²) in [4.78, 5) is 28.1. The average molecular weight is 425 g/mol. The van der Waals surface area contributed by atoms with Gasteiger partial charge in [0.25, 0.3) is 0 Å². The van der Waals surface area contributed by atoms with Gasteiger partial charge in [-0.2, -0.15) is 0 Å². The molecule has 2 saturated heterocycles. The van der Waals surface area contributed by atoms with Gasteiger partial charge in [-0.25, -0.2) is 0 Å². The van der Waals surface area contributed by atoms with E-state index in [1.54, 1.807) is 18.1 Å². The summed E-state index contributed by atoms with van der Waals surface area (Å²) in [6.07, 6.45) is 3.46. The van der Waals surface area contributed by atoms with Crippen molar-refractivity contribution in [2.45, 2.75) is 18.2 Å². The van der Waals surface area contributed by atoms with Crippen molar-refractivity contribution in [2.24, 2.45) is 11.8 Å². The third-order valence-electron chi connectivity index (χ3n) is 6.20. The molecule has 0 radical (unpaired) electrons. The van der Waals surface area contributed by atoms with Gasteiger partial charge >= 0.3 is 0 Å². The zero-order valence-electron chi connectivity index (χ0n) is 16.4. The van der Waals surface area contributed by atoms with Crippen LogP contribution in [0.3, 0.4) is 0 Å². The molecule has 6 nitrogen and oxygen atoms in total. The van der Waals surface area contributed by atoms with E-state index in [2.05, 4.69) is 5.32 Å². The largest absolute Gasteiger partial charge is 0.497 e. The molecule has 1 N–H and O–H groups in total. The molecular weight excluding hydrogens is 404 g/mol. The van der Waals surface area contributed by atoms with E-state index in [1.165, 1.54) is 0 Å². The van der Waals surface area contributed by atoms with E-state index in [0.29, 0.717) is 18.1 Å². The van der Waals surface area contributed by atoms with Crippen molar-refractivity contribution in [1.29, 1.82) is 0 Å². The van der Waals surface area contributed by atoms with Crippen LogP contribution < -0.4 is 15.0 Å². The van der Waals surface area contributed by atoms with Gasteiger partial charge in [0.2, 0.25) is 11.8 Å². The zero-order chi connectivity index (χ0) is 20.9. The molecule has 3 heterocycles. The number of carbonyl (C=O) groups is 2. The normalized spacial score (nSPS) is 28.7. The molecule has 3 aliphatic heterocycles. The van der Waals surface area contributed by atoms with Crippen molar-refractivity contribution in [3.63, 3.8) is 0 Å². The van der Waals surface area contributed by atoms with E-state index in [-0.39, 0.29) is 17.9 Å². The highest BCUT2D eigenvalue weighted by Gasteiger charge is 2.67.